The van der Waals surface area contributed by atoms with Crippen molar-refractivity contribution in [3.05, 3.63) is 83.7 Å². The molecule has 0 aliphatic carbocycles. The SMILES string of the molecule is CCOc1cc2c(ccn2C(N)=O)cc1COc1ccnc(NC(=O)c2ccc(C3CCN(CC)CC3)cc2)c1. The molecular formula is C31H35N5O4. The first-order chi connectivity index (χ1) is 19.4. The summed E-state index contributed by atoms with van der Waals surface area (Å²) in [5.41, 5.74) is 8.84. The van der Waals surface area contributed by atoms with E-state index in [2.05, 4.69) is 34.3 Å². The number of carbonyl (C=O) groups excluding carboxylic acids is 2. The van der Waals surface area contributed by atoms with Crippen molar-refractivity contribution >= 4 is 28.7 Å². The van der Waals surface area contributed by atoms with Gasteiger partial charge in [0.25, 0.3) is 5.91 Å². The fourth-order valence-electron chi connectivity index (χ4n) is 5.21. The predicted octanol–water partition coefficient (Wildman–Crippen LogP) is 5.39. The Kier molecular flexibility index (Phi) is 8.31. The number of likely N-dealkylation sites (tertiary alicyclic amines) is 1. The number of hydrogen-bond donors (Lipinski definition) is 2. The minimum atomic E-state index is -0.559. The fraction of sp³-hybridized carbons (Fsp3) is 0.323. The van der Waals surface area contributed by atoms with E-state index in [-0.39, 0.29) is 12.5 Å². The van der Waals surface area contributed by atoms with Crippen molar-refractivity contribution in [1.82, 2.24) is 14.5 Å². The van der Waals surface area contributed by atoms with Gasteiger partial charge in [-0.25, -0.2) is 9.78 Å². The number of pyridine rings is 1. The highest BCUT2D eigenvalue weighted by atomic mass is 16.5. The Morgan fingerprint density at radius 3 is 2.50 bits per heavy atom. The minimum Gasteiger partial charge on any atom is -0.493 e. The van der Waals surface area contributed by atoms with Crippen LogP contribution in [0.3, 0.4) is 0 Å². The highest BCUT2D eigenvalue weighted by Crippen LogP contribution is 2.30. The molecule has 3 heterocycles. The Hall–Kier alpha value is -4.37. The molecule has 208 valence electrons. The molecule has 1 aliphatic heterocycles. The van der Waals surface area contributed by atoms with Gasteiger partial charge in [-0.1, -0.05) is 19.1 Å². The van der Waals surface area contributed by atoms with Crippen LogP contribution in [0.5, 0.6) is 11.5 Å². The highest BCUT2D eigenvalue weighted by Gasteiger charge is 2.20. The molecular weight excluding hydrogens is 506 g/mol. The molecule has 2 aromatic carbocycles. The van der Waals surface area contributed by atoms with Crippen LogP contribution in [0.2, 0.25) is 0 Å². The van der Waals surface area contributed by atoms with Gasteiger partial charge in [-0.2, -0.15) is 0 Å². The molecule has 0 spiro atoms. The van der Waals surface area contributed by atoms with E-state index in [9.17, 15) is 9.59 Å². The van der Waals surface area contributed by atoms with E-state index in [0.717, 1.165) is 43.4 Å². The van der Waals surface area contributed by atoms with E-state index in [1.165, 1.54) is 10.1 Å². The van der Waals surface area contributed by atoms with Gasteiger partial charge in [-0.3, -0.25) is 9.36 Å². The van der Waals surface area contributed by atoms with E-state index in [4.69, 9.17) is 15.2 Å². The summed E-state index contributed by atoms with van der Waals surface area (Å²) < 4.78 is 13.2. The van der Waals surface area contributed by atoms with E-state index in [1.54, 1.807) is 30.6 Å². The molecule has 40 heavy (non-hydrogen) atoms. The third-order valence-electron chi connectivity index (χ3n) is 7.46. The van der Waals surface area contributed by atoms with E-state index in [0.29, 0.717) is 40.9 Å². The Balaban J connectivity index is 1.23. The molecule has 3 N–H and O–H groups in total. The maximum Gasteiger partial charge on any atom is 0.323 e. The summed E-state index contributed by atoms with van der Waals surface area (Å²) in [6, 6.07) is 16.3. The number of nitrogens with two attached hydrogens (primary N) is 1. The number of aromatic nitrogens is 2. The number of hydrogen-bond acceptors (Lipinski definition) is 6. The fourth-order valence-corrected chi connectivity index (χ4v) is 5.21. The summed E-state index contributed by atoms with van der Waals surface area (Å²) >= 11 is 0. The van der Waals surface area contributed by atoms with Crippen LogP contribution in [0.1, 0.15) is 54.1 Å². The Bertz CT molecular complexity index is 1490. The molecule has 0 atom stereocenters. The van der Waals surface area contributed by atoms with Gasteiger partial charge in [0, 0.05) is 41.0 Å². The Morgan fingerprint density at radius 1 is 1.02 bits per heavy atom. The second-order valence-electron chi connectivity index (χ2n) is 9.93. The second-order valence-corrected chi connectivity index (χ2v) is 9.93. The van der Waals surface area contributed by atoms with E-state index >= 15 is 0 Å². The van der Waals surface area contributed by atoms with Crippen LogP contribution in [-0.2, 0) is 6.61 Å². The van der Waals surface area contributed by atoms with Gasteiger partial charge in [0.1, 0.15) is 23.9 Å². The van der Waals surface area contributed by atoms with Crippen LogP contribution >= 0.6 is 0 Å². The van der Waals surface area contributed by atoms with Crippen LogP contribution < -0.4 is 20.5 Å². The molecule has 0 saturated carbocycles. The number of anilines is 1. The number of nitrogens with one attached hydrogen (secondary N) is 1. The third-order valence-corrected chi connectivity index (χ3v) is 7.46. The summed E-state index contributed by atoms with van der Waals surface area (Å²) in [6.45, 7) is 8.13. The zero-order valence-corrected chi connectivity index (χ0v) is 22.9. The standard InChI is InChI=1S/C31H35N5O4/c1-3-35-14-10-22(11-15-35)21-5-7-23(8-6-21)30(37)34-29-18-26(9-13-33-29)40-20-25-17-24-12-16-36(31(32)38)27(24)19-28(25)39-4-2/h5-9,12-13,16-19,22H,3-4,10-11,14-15,20H2,1-2H3,(H2,32,38)(H,33,34,37). The normalized spacial score (nSPS) is 14.2. The summed E-state index contributed by atoms with van der Waals surface area (Å²) in [5.74, 6) is 1.88. The second kappa shape index (κ2) is 12.2. The van der Waals surface area contributed by atoms with Crippen molar-refractivity contribution in [1.29, 1.82) is 0 Å². The number of carbonyl (C=O) groups is 2. The van der Waals surface area contributed by atoms with Gasteiger partial charge < -0.3 is 25.4 Å². The van der Waals surface area contributed by atoms with Crippen molar-refractivity contribution < 1.29 is 19.1 Å². The van der Waals surface area contributed by atoms with Crippen molar-refractivity contribution in [3.8, 4) is 11.5 Å². The van der Waals surface area contributed by atoms with Gasteiger partial charge in [0.15, 0.2) is 0 Å². The largest absolute Gasteiger partial charge is 0.493 e. The van der Waals surface area contributed by atoms with Gasteiger partial charge in [-0.15, -0.1) is 0 Å². The smallest absolute Gasteiger partial charge is 0.323 e. The zero-order chi connectivity index (χ0) is 28.1. The highest BCUT2D eigenvalue weighted by molar-refractivity contribution is 6.03. The van der Waals surface area contributed by atoms with E-state index < -0.39 is 6.03 Å². The number of nitrogens with zero attached hydrogens (tertiary/aromatic N) is 3. The lowest BCUT2D eigenvalue weighted by Crippen LogP contribution is -2.32. The first kappa shape index (κ1) is 27.2. The van der Waals surface area contributed by atoms with Crippen LogP contribution in [0, 0.1) is 0 Å². The first-order valence-corrected chi connectivity index (χ1v) is 13.7. The molecule has 1 aliphatic rings. The number of rotatable bonds is 9. The molecule has 1 saturated heterocycles. The molecule has 9 heteroatoms. The zero-order valence-electron chi connectivity index (χ0n) is 22.9. The lowest BCUT2D eigenvalue weighted by atomic mass is 9.89. The van der Waals surface area contributed by atoms with Gasteiger partial charge in [-0.05, 0) is 81.2 Å². The summed E-state index contributed by atoms with van der Waals surface area (Å²) in [4.78, 5) is 31.4. The average molecular weight is 542 g/mol. The van der Waals surface area contributed by atoms with Gasteiger partial charge in [0.2, 0.25) is 0 Å². The lowest BCUT2D eigenvalue weighted by molar-refractivity contribution is 0.102. The van der Waals surface area contributed by atoms with Gasteiger partial charge >= 0.3 is 6.03 Å². The number of primary amides is 1. The number of benzene rings is 2. The number of piperidine rings is 1. The molecule has 1 fully saturated rings. The molecule has 0 unspecified atom stereocenters. The summed E-state index contributed by atoms with van der Waals surface area (Å²) in [5, 5.41) is 3.72. The first-order valence-electron chi connectivity index (χ1n) is 13.7. The summed E-state index contributed by atoms with van der Waals surface area (Å²) in [7, 11) is 0. The lowest BCUT2D eigenvalue weighted by Gasteiger charge is -2.31. The molecule has 0 bridgehead atoms. The Morgan fingerprint density at radius 2 is 1.80 bits per heavy atom. The Labute approximate surface area is 233 Å². The molecule has 5 rings (SSSR count). The number of fused-ring (bicyclic) bond motifs is 1. The van der Waals surface area contributed by atoms with E-state index in [1.807, 2.05) is 31.2 Å². The number of ether oxygens (including phenoxy) is 2. The quantitative estimate of drug-likeness (QED) is 0.294. The van der Waals surface area contributed by atoms with Crippen molar-refractivity contribution in [2.45, 2.75) is 39.2 Å². The monoisotopic (exact) mass is 541 g/mol. The topological polar surface area (TPSA) is 112 Å². The molecule has 9 nitrogen and oxygen atoms in total. The van der Waals surface area contributed by atoms with Crippen LogP contribution in [-0.4, -0.2) is 52.6 Å². The summed E-state index contributed by atoms with van der Waals surface area (Å²) in [6.07, 6.45) is 5.53. The van der Waals surface area contributed by atoms with Crippen molar-refractivity contribution in [3.63, 3.8) is 0 Å². The minimum absolute atomic E-state index is 0.222. The number of amides is 2. The third kappa shape index (κ3) is 6.10. The predicted molar refractivity (Wildman–Crippen MR) is 155 cm³/mol. The molecule has 2 aromatic heterocycles. The van der Waals surface area contributed by atoms with Crippen LogP contribution in [0.25, 0.3) is 10.9 Å². The molecule has 4 aromatic rings. The molecule has 2 amide bonds. The van der Waals surface area contributed by atoms with Crippen molar-refractivity contribution in [2.75, 3.05) is 31.6 Å². The van der Waals surface area contributed by atoms with Gasteiger partial charge in [0.05, 0.1) is 12.1 Å². The maximum atomic E-state index is 12.9. The van der Waals surface area contributed by atoms with Crippen LogP contribution in [0.15, 0.2) is 67.0 Å². The molecule has 0 radical (unpaired) electrons. The van der Waals surface area contributed by atoms with Crippen molar-refractivity contribution in [2.24, 2.45) is 5.73 Å². The average Bonchev–Trinajstić information content (AvgIpc) is 3.39. The van der Waals surface area contributed by atoms with Crippen LogP contribution in [0.4, 0.5) is 10.6 Å². The maximum absolute atomic E-state index is 12.9.